The highest BCUT2D eigenvalue weighted by Crippen LogP contribution is 2.13. The van der Waals surface area contributed by atoms with Crippen LogP contribution in [0.25, 0.3) is 0 Å². The number of nitrogens with one attached hydrogen (secondary N) is 2. The zero-order valence-corrected chi connectivity index (χ0v) is 11.8. The fourth-order valence-electron chi connectivity index (χ4n) is 2.13. The van der Waals surface area contributed by atoms with Gasteiger partial charge in [0.1, 0.15) is 5.69 Å². The molecule has 2 rings (SSSR count). The van der Waals surface area contributed by atoms with Crippen LogP contribution in [0.3, 0.4) is 0 Å². The molecular formula is C11H16N4O4S. The highest BCUT2D eigenvalue weighted by Gasteiger charge is 2.25. The van der Waals surface area contributed by atoms with E-state index in [4.69, 9.17) is 0 Å². The zero-order valence-electron chi connectivity index (χ0n) is 11.0. The fraction of sp³-hybridized carbons (Fsp3) is 0.545. The molecule has 1 saturated heterocycles. The molecule has 0 aliphatic carbocycles. The minimum Gasteiger partial charge on any atom is -0.337 e. The molecule has 9 heteroatoms. The molecule has 0 radical (unpaired) electrons. The van der Waals surface area contributed by atoms with Gasteiger partial charge in [0, 0.05) is 25.2 Å². The van der Waals surface area contributed by atoms with E-state index in [1.807, 2.05) is 0 Å². The summed E-state index contributed by atoms with van der Waals surface area (Å²) in [7, 11) is -3.22. The fourth-order valence-corrected chi connectivity index (χ4v) is 2.97. The molecule has 0 aromatic carbocycles. The van der Waals surface area contributed by atoms with Gasteiger partial charge in [0.05, 0.1) is 6.26 Å². The van der Waals surface area contributed by atoms with E-state index in [1.54, 1.807) is 4.90 Å². The Morgan fingerprint density at radius 1 is 1.40 bits per heavy atom. The largest absolute Gasteiger partial charge is 0.337 e. The predicted molar refractivity (Wildman–Crippen MR) is 71.8 cm³/mol. The molecule has 8 nitrogen and oxygen atoms in total. The molecule has 20 heavy (non-hydrogen) atoms. The summed E-state index contributed by atoms with van der Waals surface area (Å²) in [6, 6.07) is 2.48. The Morgan fingerprint density at radius 2 is 2.05 bits per heavy atom. The molecule has 1 aliphatic rings. The van der Waals surface area contributed by atoms with E-state index >= 15 is 0 Å². The third-order valence-electron chi connectivity index (χ3n) is 3.06. The normalized spacial score (nSPS) is 17.1. The summed E-state index contributed by atoms with van der Waals surface area (Å²) in [5.74, 6) is -0.265. The molecule has 0 atom stereocenters. The van der Waals surface area contributed by atoms with Gasteiger partial charge in [-0.05, 0) is 18.9 Å². The lowest BCUT2D eigenvalue weighted by atomic mass is 10.1. The third-order valence-corrected chi connectivity index (χ3v) is 3.82. The smallest absolute Gasteiger partial charge is 0.274 e. The Bertz CT molecular complexity index is 626. The molecule has 1 fully saturated rings. The Kier molecular flexibility index (Phi) is 4.19. The van der Waals surface area contributed by atoms with Gasteiger partial charge in [0.25, 0.3) is 11.5 Å². The van der Waals surface area contributed by atoms with Crippen molar-refractivity contribution >= 4 is 15.9 Å². The maximum atomic E-state index is 12.1. The lowest BCUT2D eigenvalue weighted by Gasteiger charge is -2.31. The molecule has 1 amide bonds. The molecule has 110 valence electrons. The SMILES string of the molecule is CS(=O)(=O)NC1CCN(C(=O)c2ccc(=O)[nH]n2)CC1. The van der Waals surface area contributed by atoms with Gasteiger partial charge in [-0.25, -0.2) is 18.2 Å². The van der Waals surface area contributed by atoms with Crippen LogP contribution >= 0.6 is 0 Å². The van der Waals surface area contributed by atoms with Crippen molar-refractivity contribution in [2.24, 2.45) is 0 Å². The molecule has 1 aromatic rings. The first kappa shape index (κ1) is 14.7. The summed E-state index contributed by atoms with van der Waals surface area (Å²) in [6.45, 7) is 0.902. The number of hydrogen-bond acceptors (Lipinski definition) is 5. The number of carbonyl (C=O) groups excluding carboxylic acids is 1. The van der Waals surface area contributed by atoms with Crippen LogP contribution in [0, 0.1) is 0 Å². The Morgan fingerprint density at radius 3 is 2.55 bits per heavy atom. The number of piperidine rings is 1. The highest BCUT2D eigenvalue weighted by molar-refractivity contribution is 7.88. The van der Waals surface area contributed by atoms with Gasteiger partial charge in [-0.15, -0.1) is 0 Å². The van der Waals surface area contributed by atoms with E-state index in [0.29, 0.717) is 25.9 Å². The predicted octanol–water partition coefficient (Wildman–Crippen LogP) is -1.08. The quantitative estimate of drug-likeness (QED) is 0.737. The first-order chi connectivity index (χ1) is 9.35. The minimum atomic E-state index is -3.22. The van der Waals surface area contributed by atoms with Gasteiger partial charge < -0.3 is 4.90 Å². The molecule has 0 unspecified atom stereocenters. The maximum absolute atomic E-state index is 12.1. The maximum Gasteiger partial charge on any atom is 0.274 e. The summed E-state index contributed by atoms with van der Waals surface area (Å²) < 4.78 is 24.8. The van der Waals surface area contributed by atoms with E-state index in [-0.39, 0.29) is 23.2 Å². The molecule has 0 saturated carbocycles. The second-order valence-corrected chi connectivity index (χ2v) is 6.54. The molecule has 0 bridgehead atoms. The average Bonchev–Trinajstić information content (AvgIpc) is 2.38. The number of amides is 1. The first-order valence-electron chi connectivity index (χ1n) is 6.17. The van der Waals surface area contributed by atoms with Gasteiger partial charge >= 0.3 is 0 Å². The number of nitrogens with zero attached hydrogens (tertiary/aromatic N) is 2. The first-order valence-corrected chi connectivity index (χ1v) is 8.06. The minimum absolute atomic E-state index is 0.141. The highest BCUT2D eigenvalue weighted by atomic mass is 32.2. The van der Waals surface area contributed by atoms with Gasteiger partial charge in [0.2, 0.25) is 10.0 Å². The van der Waals surface area contributed by atoms with Crippen LogP contribution in [0.15, 0.2) is 16.9 Å². The molecular weight excluding hydrogens is 284 g/mol. The molecule has 1 aromatic heterocycles. The second-order valence-electron chi connectivity index (χ2n) is 4.76. The summed E-state index contributed by atoms with van der Waals surface area (Å²) in [5, 5.41) is 5.91. The summed E-state index contributed by atoms with van der Waals surface area (Å²) in [5.41, 5.74) is -0.184. The topological polar surface area (TPSA) is 112 Å². The number of rotatable bonds is 3. The Balaban J connectivity index is 1.95. The molecule has 2 heterocycles. The Hall–Kier alpha value is -1.74. The van der Waals surface area contributed by atoms with Crippen LogP contribution in [0.2, 0.25) is 0 Å². The number of aromatic nitrogens is 2. The van der Waals surface area contributed by atoms with Crippen molar-refractivity contribution in [3.63, 3.8) is 0 Å². The van der Waals surface area contributed by atoms with Crippen LogP contribution in [-0.2, 0) is 10.0 Å². The lowest BCUT2D eigenvalue weighted by molar-refractivity contribution is 0.0704. The summed E-state index contributed by atoms with van der Waals surface area (Å²) in [4.78, 5) is 24.6. The van der Waals surface area contributed by atoms with E-state index in [0.717, 1.165) is 6.26 Å². The average molecular weight is 300 g/mol. The van der Waals surface area contributed by atoms with Gasteiger partial charge in [-0.2, -0.15) is 5.10 Å². The number of hydrogen-bond donors (Lipinski definition) is 2. The summed E-state index contributed by atoms with van der Waals surface area (Å²) in [6.07, 6.45) is 2.24. The lowest BCUT2D eigenvalue weighted by Crippen LogP contribution is -2.46. The molecule has 2 N–H and O–H groups in total. The van der Waals surface area contributed by atoms with Crippen LogP contribution in [-0.4, -0.2) is 54.8 Å². The number of H-pyrrole nitrogens is 1. The van der Waals surface area contributed by atoms with Crippen molar-refractivity contribution in [3.05, 3.63) is 28.2 Å². The Labute approximate surface area is 116 Å². The van der Waals surface area contributed by atoms with E-state index in [9.17, 15) is 18.0 Å². The van der Waals surface area contributed by atoms with Gasteiger partial charge in [0.15, 0.2) is 0 Å². The van der Waals surface area contributed by atoms with Crippen molar-refractivity contribution in [1.29, 1.82) is 0 Å². The third kappa shape index (κ3) is 3.87. The van der Waals surface area contributed by atoms with Gasteiger partial charge in [-0.3, -0.25) is 9.59 Å². The monoisotopic (exact) mass is 300 g/mol. The van der Waals surface area contributed by atoms with E-state index in [1.165, 1.54) is 12.1 Å². The van der Waals surface area contributed by atoms with Crippen molar-refractivity contribution in [2.75, 3.05) is 19.3 Å². The van der Waals surface area contributed by atoms with E-state index in [2.05, 4.69) is 14.9 Å². The van der Waals surface area contributed by atoms with Crippen LogP contribution in [0.5, 0.6) is 0 Å². The number of likely N-dealkylation sites (tertiary alicyclic amines) is 1. The van der Waals surface area contributed by atoms with Crippen molar-refractivity contribution in [3.8, 4) is 0 Å². The van der Waals surface area contributed by atoms with Crippen LogP contribution < -0.4 is 10.3 Å². The van der Waals surface area contributed by atoms with Crippen LogP contribution in [0.4, 0.5) is 0 Å². The second kappa shape index (κ2) is 5.71. The number of aromatic amines is 1. The summed E-state index contributed by atoms with van der Waals surface area (Å²) >= 11 is 0. The zero-order chi connectivity index (χ0) is 14.8. The standard InChI is InChI=1S/C11H16N4O4S/c1-20(18,19)14-8-4-6-15(7-5-8)11(17)9-2-3-10(16)13-12-9/h2-3,8,14H,4-7H2,1H3,(H,13,16). The van der Waals surface area contributed by atoms with Crippen molar-refractivity contribution in [2.45, 2.75) is 18.9 Å². The van der Waals surface area contributed by atoms with E-state index < -0.39 is 10.0 Å². The van der Waals surface area contributed by atoms with Crippen molar-refractivity contribution < 1.29 is 13.2 Å². The number of sulfonamides is 1. The van der Waals surface area contributed by atoms with Gasteiger partial charge in [-0.1, -0.05) is 0 Å². The van der Waals surface area contributed by atoms with Crippen molar-refractivity contribution in [1.82, 2.24) is 19.8 Å². The number of carbonyl (C=O) groups is 1. The van der Waals surface area contributed by atoms with Crippen LogP contribution in [0.1, 0.15) is 23.3 Å². The molecule has 0 spiro atoms. The molecule has 1 aliphatic heterocycles.